The van der Waals surface area contributed by atoms with Gasteiger partial charge in [0, 0.05) is 12.0 Å². The van der Waals surface area contributed by atoms with Crippen molar-refractivity contribution in [3.8, 4) is 0 Å². The molecule has 2 N–H and O–H groups in total. The van der Waals surface area contributed by atoms with E-state index in [1.54, 1.807) is 24.3 Å². The van der Waals surface area contributed by atoms with Gasteiger partial charge in [-0.1, -0.05) is 49.6 Å². The number of benzene rings is 1. The SMILES string of the molecule is CC(=O)c1ccccc1NC(=O)CSc1n[nH]c(CCC2CCCC2)n1. The molecule has 0 aliphatic heterocycles. The standard InChI is InChI=1S/C19H24N4O2S/c1-13(24)15-8-4-5-9-16(15)20-18(25)12-26-19-21-17(22-23-19)11-10-14-6-2-3-7-14/h4-5,8-9,14H,2-3,6-7,10-12H2,1H3,(H,20,25)(H,21,22,23). The number of aromatic amines is 1. The molecule has 1 aromatic heterocycles. The van der Waals surface area contributed by atoms with Crippen LogP contribution >= 0.6 is 11.8 Å². The highest BCUT2D eigenvalue weighted by Gasteiger charge is 2.16. The normalized spacial score (nSPS) is 14.5. The van der Waals surface area contributed by atoms with Crippen molar-refractivity contribution in [3.63, 3.8) is 0 Å². The predicted molar refractivity (Wildman–Crippen MR) is 102 cm³/mol. The summed E-state index contributed by atoms with van der Waals surface area (Å²) in [6.07, 6.45) is 7.43. The van der Waals surface area contributed by atoms with Gasteiger partial charge in [0.2, 0.25) is 11.1 Å². The van der Waals surface area contributed by atoms with Gasteiger partial charge in [-0.3, -0.25) is 14.7 Å². The molecule has 7 heteroatoms. The second-order valence-electron chi connectivity index (χ2n) is 6.69. The lowest BCUT2D eigenvalue weighted by atomic mass is 10.0. The van der Waals surface area contributed by atoms with E-state index in [2.05, 4.69) is 20.5 Å². The molecular weight excluding hydrogens is 348 g/mol. The van der Waals surface area contributed by atoms with Gasteiger partial charge in [0.1, 0.15) is 5.82 Å². The molecule has 26 heavy (non-hydrogen) atoms. The van der Waals surface area contributed by atoms with E-state index in [4.69, 9.17) is 0 Å². The average Bonchev–Trinajstić information content (AvgIpc) is 3.30. The Labute approximate surface area is 157 Å². The number of rotatable bonds is 8. The first-order valence-electron chi connectivity index (χ1n) is 9.05. The molecule has 0 radical (unpaired) electrons. The summed E-state index contributed by atoms with van der Waals surface area (Å²) in [4.78, 5) is 28.2. The molecule has 0 spiro atoms. The number of nitrogens with one attached hydrogen (secondary N) is 2. The number of carbonyl (C=O) groups excluding carboxylic acids is 2. The van der Waals surface area contributed by atoms with Crippen molar-refractivity contribution in [2.24, 2.45) is 5.92 Å². The first-order valence-corrected chi connectivity index (χ1v) is 10.0. The molecule has 0 bridgehead atoms. The van der Waals surface area contributed by atoms with Crippen molar-refractivity contribution < 1.29 is 9.59 Å². The summed E-state index contributed by atoms with van der Waals surface area (Å²) in [5, 5.41) is 10.5. The molecule has 6 nitrogen and oxygen atoms in total. The first-order chi connectivity index (χ1) is 12.6. The number of aryl methyl sites for hydroxylation is 1. The topological polar surface area (TPSA) is 87.7 Å². The third-order valence-corrected chi connectivity index (χ3v) is 5.54. The Kier molecular flexibility index (Phi) is 6.44. The van der Waals surface area contributed by atoms with Crippen molar-refractivity contribution in [1.82, 2.24) is 15.2 Å². The fourth-order valence-electron chi connectivity index (χ4n) is 3.31. The summed E-state index contributed by atoms with van der Waals surface area (Å²) in [5.74, 6) is 1.66. The highest BCUT2D eigenvalue weighted by atomic mass is 32.2. The predicted octanol–water partition coefficient (Wildman–Crippen LogP) is 3.86. The van der Waals surface area contributed by atoms with Crippen molar-refractivity contribution >= 4 is 29.1 Å². The van der Waals surface area contributed by atoms with E-state index in [9.17, 15) is 9.59 Å². The van der Waals surface area contributed by atoms with E-state index in [1.807, 2.05) is 0 Å². The Morgan fingerprint density at radius 3 is 2.81 bits per heavy atom. The number of H-pyrrole nitrogens is 1. The van der Waals surface area contributed by atoms with Crippen molar-refractivity contribution in [1.29, 1.82) is 0 Å². The van der Waals surface area contributed by atoms with E-state index >= 15 is 0 Å². The Balaban J connectivity index is 1.46. The van der Waals surface area contributed by atoms with Gasteiger partial charge in [0.05, 0.1) is 11.4 Å². The largest absolute Gasteiger partial charge is 0.325 e. The highest BCUT2D eigenvalue weighted by molar-refractivity contribution is 7.99. The number of ketones is 1. The number of anilines is 1. The quantitative estimate of drug-likeness (QED) is 0.543. The van der Waals surface area contributed by atoms with E-state index in [1.165, 1.54) is 44.4 Å². The molecule has 1 aliphatic carbocycles. The van der Waals surface area contributed by atoms with E-state index in [-0.39, 0.29) is 17.4 Å². The maximum absolute atomic E-state index is 12.2. The number of hydrogen-bond acceptors (Lipinski definition) is 5. The third-order valence-electron chi connectivity index (χ3n) is 4.69. The van der Waals surface area contributed by atoms with Crippen LogP contribution in [0.1, 0.15) is 55.2 Å². The Hall–Kier alpha value is -2.15. The van der Waals surface area contributed by atoms with Crippen LogP contribution in [0.2, 0.25) is 0 Å². The minimum absolute atomic E-state index is 0.0746. The molecule has 1 aliphatic rings. The molecule has 1 amide bonds. The van der Waals surface area contributed by atoms with Crippen LogP contribution in [0, 0.1) is 5.92 Å². The Bertz CT molecular complexity index is 768. The molecule has 0 atom stereocenters. The van der Waals surface area contributed by atoms with Gasteiger partial charge in [-0.05, 0) is 31.4 Å². The van der Waals surface area contributed by atoms with Crippen LogP contribution in [0.3, 0.4) is 0 Å². The van der Waals surface area contributed by atoms with Crippen LogP contribution in [0.5, 0.6) is 0 Å². The lowest BCUT2D eigenvalue weighted by Crippen LogP contribution is -2.16. The van der Waals surface area contributed by atoms with Crippen LogP contribution in [-0.4, -0.2) is 32.6 Å². The lowest BCUT2D eigenvalue weighted by molar-refractivity contribution is -0.113. The van der Waals surface area contributed by atoms with Gasteiger partial charge >= 0.3 is 0 Å². The minimum Gasteiger partial charge on any atom is -0.325 e. The van der Waals surface area contributed by atoms with Gasteiger partial charge in [0.15, 0.2) is 5.78 Å². The van der Waals surface area contributed by atoms with Gasteiger partial charge in [-0.25, -0.2) is 4.98 Å². The second-order valence-corrected chi connectivity index (χ2v) is 7.63. The highest BCUT2D eigenvalue weighted by Crippen LogP contribution is 2.28. The molecule has 3 rings (SSSR count). The zero-order valence-electron chi connectivity index (χ0n) is 15.0. The molecule has 1 saturated carbocycles. The Morgan fingerprint density at radius 1 is 1.27 bits per heavy atom. The summed E-state index contributed by atoms with van der Waals surface area (Å²) in [6.45, 7) is 1.49. The number of hydrogen-bond donors (Lipinski definition) is 2. The molecular formula is C19H24N4O2S. The fourth-order valence-corrected chi connectivity index (χ4v) is 3.93. The van der Waals surface area contributed by atoms with Crippen molar-refractivity contribution in [3.05, 3.63) is 35.7 Å². The number of nitrogens with zero attached hydrogens (tertiary/aromatic N) is 2. The summed E-state index contributed by atoms with van der Waals surface area (Å²) in [5.41, 5.74) is 1.05. The summed E-state index contributed by atoms with van der Waals surface area (Å²) in [6, 6.07) is 7.01. The molecule has 1 fully saturated rings. The smallest absolute Gasteiger partial charge is 0.234 e. The van der Waals surface area contributed by atoms with Crippen molar-refractivity contribution in [2.75, 3.05) is 11.1 Å². The molecule has 1 aromatic carbocycles. The maximum atomic E-state index is 12.2. The zero-order valence-corrected chi connectivity index (χ0v) is 15.8. The van der Waals surface area contributed by atoms with E-state index in [0.29, 0.717) is 16.4 Å². The number of Topliss-reactive ketones (excluding diaryl/α,β-unsaturated/α-hetero) is 1. The van der Waals surface area contributed by atoms with Gasteiger partial charge in [0.25, 0.3) is 0 Å². The molecule has 2 aromatic rings. The molecule has 138 valence electrons. The fraction of sp³-hybridized carbons (Fsp3) is 0.474. The number of amides is 1. The van der Waals surface area contributed by atoms with Crippen LogP contribution in [-0.2, 0) is 11.2 Å². The lowest BCUT2D eigenvalue weighted by Gasteiger charge is -2.08. The average molecular weight is 372 g/mol. The first kappa shape index (κ1) is 18.6. The third kappa shape index (κ3) is 5.17. The second kappa shape index (κ2) is 8.98. The molecule has 0 unspecified atom stereocenters. The maximum Gasteiger partial charge on any atom is 0.234 e. The van der Waals surface area contributed by atoms with E-state index in [0.717, 1.165) is 24.6 Å². The number of carbonyl (C=O) groups is 2. The summed E-state index contributed by atoms with van der Waals surface area (Å²) in [7, 11) is 0. The van der Waals surface area contributed by atoms with Crippen LogP contribution in [0.25, 0.3) is 0 Å². The van der Waals surface area contributed by atoms with Crippen LogP contribution < -0.4 is 5.32 Å². The summed E-state index contributed by atoms with van der Waals surface area (Å²) >= 11 is 1.29. The van der Waals surface area contributed by atoms with Crippen molar-refractivity contribution in [2.45, 2.75) is 50.6 Å². The van der Waals surface area contributed by atoms with Gasteiger partial charge in [-0.2, -0.15) is 0 Å². The molecule has 0 saturated heterocycles. The number of aromatic nitrogens is 3. The van der Waals surface area contributed by atoms with Gasteiger partial charge in [-0.15, -0.1) is 5.10 Å². The molecule has 1 heterocycles. The summed E-state index contributed by atoms with van der Waals surface area (Å²) < 4.78 is 0. The monoisotopic (exact) mass is 372 g/mol. The number of thioether (sulfide) groups is 1. The number of para-hydroxylation sites is 1. The Morgan fingerprint density at radius 2 is 2.04 bits per heavy atom. The van der Waals surface area contributed by atoms with Crippen LogP contribution in [0.4, 0.5) is 5.69 Å². The van der Waals surface area contributed by atoms with Crippen LogP contribution in [0.15, 0.2) is 29.4 Å². The van der Waals surface area contributed by atoms with E-state index < -0.39 is 0 Å². The zero-order chi connectivity index (χ0) is 18.4. The minimum atomic E-state index is -0.180. The van der Waals surface area contributed by atoms with Gasteiger partial charge < -0.3 is 5.32 Å².